The second kappa shape index (κ2) is 11.0. The van der Waals surface area contributed by atoms with Gasteiger partial charge in [0, 0.05) is 6.20 Å². The number of carbonyl (C=O) groups is 2. The second-order valence-corrected chi connectivity index (χ2v) is 9.27. The van der Waals surface area contributed by atoms with Gasteiger partial charge in [-0.2, -0.15) is 0 Å². The zero-order valence-electron chi connectivity index (χ0n) is 18.9. The van der Waals surface area contributed by atoms with Gasteiger partial charge in [-0.3, -0.25) is 9.59 Å². The highest BCUT2D eigenvalue weighted by atomic mass is 32.1. The molecule has 0 fully saturated rings. The first-order valence-corrected chi connectivity index (χ1v) is 12.1. The summed E-state index contributed by atoms with van der Waals surface area (Å²) < 4.78 is 5.84. The molecule has 1 heterocycles. The van der Waals surface area contributed by atoms with Crippen LogP contribution in [-0.2, 0) is 17.8 Å². The Kier molecular flexibility index (Phi) is 7.61. The molecule has 174 valence electrons. The van der Waals surface area contributed by atoms with E-state index in [2.05, 4.69) is 34.3 Å². The predicted octanol–water partition coefficient (Wildman–Crippen LogP) is 5.11. The number of rotatable bonds is 8. The van der Waals surface area contributed by atoms with Gasteiger partial charge in [-0.25, -0.2) is 4.98 Å². The smallest absolute Gasteiger partial charge is 0.304 e. The minimum atomic E-state index is -0.884. The molecule has 2 atom stereocenters. The molecule has 7 heteroatoms. The van der Waals surface area contributed by atoms with Crippen molar-refractivity contribution in [3.8, 4) is 17.6 Å². The SMILES string of the molecule is CC#CC(CC(=O)O)c1ccc(OCc2cnc(C(=O)NC3CCCc4ccccc43)s2)cc1. The molecule has 0 saturated carbocycles. The van der Waals surface area contributed by atoms with Crippen LogP contribution in [0.2, 0.25) is 0 Å². The number of amides is 1. The van der Waals surface area contributed by atoms with E-state index in [-0.39, 0.29) is 24.3 Å². The van der Waals surface area contributed by atoms with Gasteiger partial charge in [0.25, 0.3) is 5.91 Å². The molecule has 34 heavy (non-hydrogen) atoms. The zero-order valence-corrected chi connectivity index (χ0v) is 19.7. The molecule has 1 amide bonds. The Labute approximate surface area is 203 Å². The Morgan fingerprint density at radius 3 is 2.79 bits per heavy atom. The fourth-order valence-corrected chi connectivity index (χ4v) is 4.88. The number of aliphatic carboxylic acids is 1. The van der Waals surface area contributed by atoms with Crippen molar-refractivity contribution in [1.29, 1.82) is 0 Å². The third-order valence-corrected chi connectivity index (χ3v) is 6.75. The molecule has 2 aromatic carbocycles. The number of carbonyl (C=O) groups excluding carboxylic acids is 1. The summed E-state index contributed by atoms with van der Waals surface area (Å²) in [7, 11) is 0. The summed E-state index contributed by atoms with van der Waals surface area (Å²) in [5.74, 6) is 4.99. The van der Waals surface area contributed by atoms with E-state index in [1.54, 1.807) is 25.3 Å². The third-order valence-electron chi connectivity index (χ3n) is 5.78. The minimum Gasteiger partial charge on any atom is -0.488 e. The Bertz CT molecular complexity index is 1220. The van der Waals surface area contributed by atoms with Crippen LogP contribution in [0.5, 0.6) is 5.75 Å². The lowest BCUT2D eigenvalue weighted by Gasteiger charge is -2.25. The van der Waals surface area contributed by atoms with Crippen molar-refractivity contribution in [1.82, 2.24) is 10.3 Å². The minimum absolute atomic E-state index is 0.0157. The Balaban J connectivity index is 1.34. The van der Waals surface area contributed by atoms with Crippen molar-refractivity contribution in [2.24, 2.45) is 0 Å². The maximum absolute atomic E-state index is 12.8. The number of benzene rings is 2. The second-order valence-electron chi connectivity index (χ2n) is 8.15. The van der Waals surface area contributed by atoms with Crippen molar-refractivity contribution in [2.75, 3.05) is 0 Å². The maximum Gasteiger partial charge on any atom is 0.304 e. The molecule has 1 aromatic heterocycles. The Hall–Kier alpha value is -3.63. The number of fused-ring (bicyclic) bond motifs is 1. The summed E-state index contributed by atoms with van der Waals surface area (Å²) in [6, 6.07) is 15.6. The number of carboxylic acid groups (broad SMARTS) is 1. The average molecular weight is 475 g/mol. The van der Waals surface area contributed by atoms with E-state index in [9.17, 15) is 9.59 Å². The van der Waals surface area contributed by atoms with E-state index < -0.39 is 5.97 Å². The highest BCUT2D eigenvalue weighted by molar-refractivity contribution is 7.13. The van der Waals surface area contributed by atoms with Gasteiger partial charge in [-0.1, -0.05) is 42.3 Å². The van der Waals surface area contributed by atoms with Crippen molar-refractivity contribution < 1.29 is 19.4 Å². The molecule has 2 N–H and O–H groups in total. The molecule has 2 unspecified atom stereocenters. The Morgan fingerprint density at radius 1 is 1.24 bits per heavy atom. The molecule has 1 aliphatic carbocycles. The van der Waals surface area contributed by atoms with E-state index in [1.165, 1.54) is 22.5 Å². The molecule has 0 bridgehead atoms. The quantitative estimate of drug-likeness (QED) is 0.443. The largest absolute Gasteiger partial charge is 0.488 e. The van der Waals surface area contributed by atoms with E-state index in [0.717, 1.165) is 29.7 Å². The average Bonchev–Trinajstić information content (AvgIpc) is 3.32. The van der Waals surface area contributed by atoms with Crippen molar-refractivity contribution in [2.45, 2.75) is 51.2 Å². The van der Waals surface area contributed by atoms with Gasteiger partial charge in [0.15, 0.2) is 5.01 Å². The summed E-state index contributed by atoms with van der Waals surface area (Å²) in [6.45, 7) is 1.99. The number of ether oxygens (including phenoxy) is 1. The molecule has 6 nitrogen and oxygen atoms in total. The highest BCUT2D eigenvalue weighted by Gasteiger charge is 2.23. The lowest BCUT2D eigenvalue weighted by Crippen LogP contribution is -2.30. The fraction of sp³-hybridized carbons (Fsp3) is 0.296. The number of hydrogen-bond donors (Lipinski definition) is 2. The first-order chi connectivity index (χ1) is 16.5. The molecule has 4 rings (SSSR count). The van der Waals surface area contributed by atoms with Gasteiger partial charge < -0.3 is 15.2 Å². The number of hydrogen-bond acceptors (Lipinski definition) is 5. The van der Waals surface area contributed by atoms with Crippen LogP contribution in [0, 0.1) is 11.8 Å². The lowest BCUT2D eigenvalue weighted by molar-refractivity contribution is -0.137. The van der Waals surface area contributed by atoms with Gasteiger partial charge in [-0.15, -0.1) is 17.3 Å². The highest BCUT2D eigenvalue weighted by Crippen LogP contribution is 2.30. The van der Waals surface area contributed by atoms with Gasteiger partial charge in [0.2, 0.25) is 0 Å². The molecule has 0 spiro atoms. The monoisotopic (exact) mass is 474 g/mol. The van der Waals surface area contributed by atoms with E-state index in [1.807, 2.05) is 24.3 Å². The number of nitrogens with zero attached hydrogens (tertiary/aromatic N) is 1. The van der Waals surface area contributed by atoms with Crippen LogP contribution in [0.15, 0.2) is 54.7 Å². The van der Waals surface area contributed by atoms with Crippen molar-refractivity contribution in [3.63, 3.8) is 0 Å². The number of aryl methyl sites for hydroxylation is 1. The van der Waals surface area contributed by atoms with E-state index in [0.29, 0.717) is 17.4 Å². The summed E-state index contributed by atoms with van der Waals surface area (Å²) in [4.78, 5) is 29.0. The van der Waals surface area contributed by atoms with Gasteiger partial charge in [0.05, 0.1) is 23.3 Å². The lowest BCUT2D eigenvalue weighted by atomic mass is 9.88. The van der Waals surface area contributed by atoms with Gasteiger partial charge in [0.1, 0.15) is 12.4 Å². The van der Waals surface area contributed by atoms with Crippen LogP contribution in [0.4, 0.5) is 0 Å². The van der Waals surface area contributed by atoms with Gasteiger partial charge in [-0.05, 0) is 55.0 Å². The van der Waals surface area contributed by atoms with Crippen molar-refractivity contribution >= 4 is 23.2 Å². The molecule has 0 aliphatic heterocycles. The zero-order chi connectivity index (χ0) is 23.9. The third kappa shape index (κ3) is 5.83. The van der Waals surface area contributed by atoms with Crippen LogP contribution >= 0.6 is 11.3 Å². The first kappa shape index (κ1) is 23.5. The van der Waals surface area contributed by atoms with Crippen LogP contribution in [0.25, 0.3) is 0 Å². The summed E-state index contributed by atoms with van der Waals surface area (Å²) in [5.41, 5.74) is 3.33. The molecule has 1 aliphatic rings. The number of nitrogens with one attached hydrogen (secondary N) is 1. The number of thiazole rings is 1. The van der Waals surface area contributed by atoms with Crippen LogP contribution in [0.1, 0.15) is 69.5 Å². The summed E-state index contributed by atoms with van der Waals surface area (Å²) in [5, 5.41) is 12.6. The molecule has 3 aromatic rings. The summed E-state index contributed by atoms with van der Waals surface area (Å²) in [6.07, 6.45) is 4.66. The van der Waals surface area contributed by atoms with Crippen molar-refractivity contribution in [3.05, 3.63) is 81.3 Å². The molecule has 0 radical (unpaired) electrons. The van der Waals surface area contributed by atoms with E-state index in [4.69, 9.17) is 9.84 Å². The van der Waals surface area contributed by atoms with E-state index >= 15 is 0 Å². The summed E-state index contributed by atoms with van der Waals surface area (Å²) >= 11 is 1.32. The van der Waals surface area contributed by atoms with Crippen LogP contribution in [0.3, 0.4) is 0 Å². The predicted molar refractivity (Wildman–Crippen MR) is 131 cm³/mol. The first-order valence-electron chi connectivity index (χ1n) is 11.2. The molecular formula is C27H26N2O4S. The standard InChI is InChI=1S/C27H26N2O4S/c1-2-6-20(15-25(30)31)18-11-13-21(14-12-18)33-17-22-16-28-27(34-22)26(32)29-24-10-5-8-19-7-3-4-9-23(19)24/h3-4,7,9,11-14,16,20,24H,5,8,10,15,17H2,1H3,(H,29,32)(H,30,31). The van der Waals surface area contributed by atoms with Crippen LogP contribution < -0.4 is 10.1 Å². The van der Waals surface area contributed by atoms with Gasteiger partial charge >= 0.3 is 5.97 Å². The number of carboxylic acids is 1. The maximum atomic E-state index is 12.8. The Morgan fingerprint density at radius 2 is 2.03 bits per heavy atom. The fourth-order valence-electron chi connectivity index (χ4n) is 4.15. The number of aromatic nitrogens is 1. The molecule has 0 saturated heterocycles. The normalized spacial score (nSPS) is 15.4. The van der Waals surface area contributed by atoms with Crippen LogP contribution in [-0.4, -0.2) is 22.0 Å². The topological polar surface area (TPSA) is 88.5 Å². The molecular weight excluding hydrogens is 448 g/mol.